The molecule has 2 aromatic rings. The fourth-order valence-corrected chi connectivity index (χ4v) is 3.32. The zero-order valence-electron chi connectivity index (χ0n) is 17.9. The van der Waals surface area contributed by atoms with E-state index in [0.717, 1.165) is 5.56 Å². The Bertz CT molecular complexity index is 973. The molecule has 31 heavy (non-hydrogen) atoms. The summed E-state index contributed by atoms with van der Waals surface area (Å²) in [5.41, 5.74) is 1.78. The van der Waals surface area contributed by atoms with Crippen molar-refractivity contribution in [2.75, 3.05) is 37.8 Å². The summed E-state index contributed by atoms with van der Waals surface area (Å²) in [4.78, 5) is 37.6. The molecular formula is C23H26N2O6. The number of Topliss-reactive ketones (excluding diaryl/α,β-unsaturated/α-hetero) is 1. The minimum atomic E-state index is -0.781. The van der Waals surface area contributed by atoms with Crippen molar-refractivity contribution in [1.82, 2.24) is 0 Å². The predicted octanol–water partition coefficient (Wildman–Crippen LogP) is 3.77. The highest BCUT2D eigenvalue weighted by atomic mass is 16.6. The first kappa shape index (κ1) is 22.4. The molecule has 1 saturated heterocycles. The van der Waals surface area contributed by atoms with Crippen LogP contribution in [0, 0.1) is 10.1 Å². The number of esters is 1. The summed E-state index contributed by atoms with van der Waals surface area (Å²) < 4.78 is 10.4. The summed E-state index contributed by atoms with van der Waals surface area (Å²) >= 11 is 0. The second-order valence-electron chi connectivity index (χ2n) is 8.39. The van der Waals surface area contributed by atoms with E-state index in [0.29, 0.717) is 37.6 Å². The zero-order chi connectivity index (χ0) is 22.6. The van der Waals surface area contributed by atoms with Gasteiger partial charge in [0.15, 0.2) is 12.4 Å². The average molecular weight is 426 g/mol. The Hall–Kier alpha value is -3.26. The van der Waals surface area contributed by atoms with Gasteiger partial charge in [-0.2, -0.15) is 0 Å². The standard InChI is InChI=1S/C23H26N2O6/c1-23(2,3)18-7-4-16(5-8-18)21(26)15-31-22(27)17-6-9-19(20(14-17)25(28)29)24-10-12-30-13-11-24/h4-9,14H,10-13,15H2,1-3H3. The predicted molar refractivity (Wildman–Crippen MR) is 116 cm³/mol. The van der Waals surface area contributed by atoms with Gasteiger partial charge in [-0.1, -0.05) is 45.0 Å². The Morgan fingerprint density at radius 2 is 1.68 bits per heavy atom. The molecule has 0 N–H and O–H groups in total. The molecule has 0 aromatic heterocycles. The number of morpholine rings is 1. The molecule has 0 bridgehead atoms. The van der Waals surface area contributed by atoms with E-state index in [1.165, 1.54) is 18.2 Å². The highest BCUT2D eigenvalue weighted by Gasteiger charge is 2.24. The third kappa shape index (κ3) is 5.46. The van der Waals surface area contributed by atoms with Crippen molar-refractivity contribution < 1.29 is 24.0 Å². The van der Waals surface area contributed by atoms with Gasteiger partial charge >= 0.3 is 5.97 Å². The van der Waals surface area contributed by atoms with Crippen LogP contribution in [0.1, 0.15) is 47.1 Å². The molecule has 8 nitrogen and oxygen atoms in total. The first-order chi connectivity index (χ1) is 14.7. The lowest BCUT2D eigenvalue weighted by molar-refractivity contribution is -0.384. The zero-order valence-corrected chi connectivity index (χ0v) is 17.9. The average Bonchev–Trinajstić information content (AvgIpc) is 2.76. The molecule has 0 saturated carbocycles. The van der Waals surface area contributed by atoms with Crippen LogP contribution in [-0.2, 0) is 14.9 Å². The molecule has 8 heteroatoms. The van der Waals surface area contributed by atoms with E-state index >= 15 is 0 Å². The first-order valence-electron chi connectivity index (χ1n) is 10.1. The van der Waals surface area contributed by atoms with E-state index in [4.69, 9.17) is 9.47 Å². The number of nitro benzene ring substituents is 1. The maximum atomic E-state index is 12.4. The fourth-order valence-electron chi connectivity index (χ4n) is 3.32. The molecule has 164 valence electrons. The summed E-state index contributed by atoms with van der Waals surface area (Å²) in [7, 11) is 0. The van der Waals surface area contributed by atoms with Crippen LogP contribution in [0.2, 0.25) is 0 Å². The molecule has 1 fully saturated rings. The molecule has 3 rings (SSSR count). The second kappa shape index (κ2) is 9.26. The number of nitrogens with zero attached hydrogens (tertiary/aromatic N) is 2. The van der Waals surface area contributed by atoms with Crippen molar-refractivity contribution in [3.05, 3.63) is 69.3 Å². The normalized spacial score (nSPS) is 14.2. The summed E-state index contributed by atoms with van der Waals surface area (Å²) in [6.07, 6.45) is 0. The number of ketones is 1. The molecule has 1 aliphatic rings. The molecule has 0 amide bonds. The van der Waals surface area contributed by atoms with Crippen molar-refractivity contribution in [3.63, 3.8) is 0 Å². The monoisotopic (exact) mass is 426 g/mol. The van der Waals surface area contributed by atoms with Crippen molar-refractivity contribution >= 4 is 23.1 Å². The van der Waals surface area contributed by atoms with Crippen LogP contribution in [0.15, 0.2) is 42.5 Å². The second-order valence-corrected chi connectivity index (χ2v) is 8.39. The highest BCUT2D eigenvalue weighted by molar-refractivity contribution is 5.99. The lowest BCUT2D eigenvalue weighted by atomic mass is 9.86. The minimum absolute atomic E-state index is 0.0274. The van der Waals surface area contributed by atoms with Gasteiger partial charge in [0.2, 0.25) is 0 Å². The Balaban J connectivity index is 1.68. The summed E-state index contributed by atoms with van der Waals surface area (Å²) in [6.45, 7) is 7.84. The van der Waals surface area contributed by atoms with Gasteiger partial charge in [-0.3, -0.25) is 14.9 Å². The van der Waals surface area contributed by atoms with Crippen LogP contribution in [-0.4, -0.2) is 49.6 Å². The van der Waals surface area contributed by atoms with Crippen LogP contribution in [0.4, 0.5) is 11.4 Å². The van der Waals surface area contributed by atoms with Gasteiger partial charge in [-0.25, -0.2) is 4.79 Å². The molecule has 0 spiro atoms. The Kier molecular flexibility index (Phi) is 6.70. The largest absolute Gasteiger partial charge is 0.454 e. The lowest BCUT2D eigenvalue weighted by Gasteiger charge is -2.28. The van der Waals surface area contributed by atoms with E-state index in [2.05, 4.69) is 20.8 Å². The number of hydrogen-bond donors (Lipinski definition) is 0. The number of hydrogen-bond acceptors (Lipinski definition) is 7. The smallest absolute Gasteiger partial charge is 0.338 e. The summed E-state index contributed by atoms with van der Waals surface area (Å²) in [6, 6.07) is 11.4. The van der Waals surface area contributed by atoms with Crippen LogP contribution in [0.25, 0.3) is 0 Å². The first-order valence-corrected chi connectivity index (χ1v) is 10.1. The van der Waals surface area contributed by atoms with Gasteiger partial charge < -0.3 is 14.4 Å². The molecule has 0 atom stereocenters. The molecule has 0 unspecified atom stereocenters. The number of carbonyl (C=O) groups is 2. The van der Waals surface area contributed by atoms with Crippen LogP contribution in [0.5, 0.6) is 0 Å². The maximum Gasteiger partial charge on any atom is 0.338 e. The maximum absolute atomic E-state index is 12.4. The summed E-state index contributed by atoms with van der Waals surface area (Å²) in [5, 5.41) is 11.5. The van der Waals surface area contributed by atoms with Crippen LogP contribution < -0.4 is 4.90 Å². The Labute approximate surface area is 180 Å². The number of rotatable bonds is 6. The third-order valence-corrected chi connectivity index (χ3v) is 5.17. The van der Waals surface area contributed by atoms with Crippen molar-refractivity contribution in [1.29, 1.82) is 0 Å². The molecule has 1 heterocycles. The number of ether oxygens (including phenoxy) is 2. The molecule has 2 aromatic carbocycles. The Morgan fingerprint density at radius 1 is 1.06 bits per heavy atom. The number of nitro groups is 1. The highest BCUT2D eigenvalue weighted by Crippen LogP contribution is 2.30. The van der Waals surface area contributed by atoms with Crippen molar-refractivity contribution in [2.45, 2.75) is 26.2 Å². The van der Waals surface area contributed by atoms with Gasteiger partial charge in [0.05, 0.1) is 23.7 Å². The topological polar surface area (TPSA) is 99.0 Å². The van der Waals surface area contributed by atoms with Crippen LogP contribution >= 0.6 is 0 Å². The van der Waals surface area contributed by atoms with E-state index in [1.807, 2.05) is 17.0 Å². The number of benzene rings is 2. The van der Waals surface area contributed by atoms with E-state index in [9.17, 15) is 19.7 Å². The minimum Gasteiger partial charge on any atom is -0.454 e. The van der Waals surface area contributed by atoms with Gasteiger partial charge in [0.25, 0.3) is 5.69 Å². The SMILES string of the molecule is CC(C)(C)c1ccc(C(=O)COC(=O)c2ccc(N3CCOCC3)c([N+](=O)[O-])c2)cc1. The van der Waals surface area contributed by atoms with Gasteiger partial charge in [-0.15, -0.1) is 0 Å². The molecule has 0 aliphatic carbocycles. The number of anilines is 1. The summed E-state index contributed by atoms with van der Waals surface area (Å²) in [5.74, 6) is -1.12. The molecule has 1 aliphatic heterocycles. The van der Waals surface area contributed by atoms with E-state index in [1.54, 1.807) is 12.1 Å². The quantitative estimate of drug-likeness (QED) is 0.300. The fraction of sp³-hybridized carbons (Fsp3) is 0.391. The van der Waals surface area contributed by atoms with E-state index in [-0.39, 0.29) is 22.4 Å². The van der Waals surface area contributed by atoms with Gasteiger partial charge in [-0.05, 0) is 23.1 Å². The number of carbonyl (C=O) groups excluding carboxylic acids is 2. The van der Waals surface area contributed by atoms with Crippen molar-refractivity contribution in [3.8, 4) is 0 Å². The Morgan fingerprint density at radius 3 is 2.26 bits per heavy atom. The third-order valence-electron chi connectivity index (χ3n) is 5.17. The lowest BCUT2D eigenvalue weighted by Crippen LogP contribution is -2.36. The van der Waals surface area contributed by atoms with Gasteiger partial charge in [0, 0.05) is 24.7 Å². The van der Waals surface area contributed by atoms with Crippen LogP contribution in [0.3, 0.4) is 0 Å². The van der Waals surface area contributed by atoms with E-state index < -0.39 is 17.5 Å². The van der Waals surface area contributed by atoms with Crippen molar-refractivity contribution in [2.24, 2.45) is 0 Å². The molecule has 0 radical (unpaired) electrons. The molecular weight excluding hydrogens is 400 g/mol. The van der Waals surface area contributed by atoms with Gasteiger partial charge in [0.1, 0.15) is 5.69 Å².